The van der Waals surface area contributed by atoms with Crippen molar-refractivity contribution in [2.75, 3.05) is 6.54 Å². The Kier molecular flexibility index (Phi) is 2.18. The number of allylic oxidation sites excluding steroid dienone is 1. The molecule has 2 N–H and O–H groups in total. The predicted octanol–water partition coefficient (Wildman–Crippen LogP) is 1.24. The Hall–Kier alpha value is -1.84. The molecule has 0 atom stereocenters. The number of amides is 1. The summed E-state index contributed by atoms with van der Waals surface area (Å²) in [5.41, 5.74) is 5.98. The summed E-state index contributed by atoms with van der Waals surface area (Å²) >= 11 is 0. The molecular formula is C10H10N2O2. The van der Waals surface area contributed by atoms with Gasteiger partial charge in [0, 0.05) is 18.3 Å². The molecule has 0 aromatic carbocycles. The zero-order valence-electron chi connectivity index (χ0n) is 7.56. The number of primary amides is 1. The smallest absolute Gasteiger partial charge is 0.284 e. The lowest BCUT2D eigenvalue weighted by Gasteiger charge is -2.02. The number of nitrogens with two attached hydrogens (primary N) is 1. The number of rotatable bonds is 2. The van der Waals surface area contributed by atoms with Crippen LogP contribution in [0.3, 0.4) is 0 Å². The van der Waals surface area contributed by atoms with E-state index in [4.69, 9.17) is 10.2 Å². The summed E-state index contributed by atoms with van der Waals surface area (Å²) in [6.07, 6.45) is 4.67. The van der Waals surface area contributed by atoms with E-state index in [-0.39, 0.29) is 5.76 Å². The van der Waals surface area contributed by atoms with Gasteiger partial charge in [-0.15, -0.1) is 0 Å². The highest BCUT2D eigenvalue weighted by Gasteiger charge is 2.10. The van der Waals surface area contributed by atoms with Gasteiger partial charge in [-0.1, -0.05) is 6.08 Å². The van der Waals surface area contributed by atoms with Crippen LogP contribution in [0.4, 0.5) is 0 Å². The molecule has 0 radical (unpaired) electrons. The molecule has 4 nitrogen and oxygen atoms in total. The van der Waals surface area contributed by atoms with E-state index in [1.807, 2.05) is 6.08 Å². The van der Waals surface area contributed by atoms with Crippen LogP contribution in [0.1, 0.15) is 22.7 Å². The van der Waals surface area contributed by atoms with Crippen LogP contribution >= 0.6 is 0 Å². The summed E-state index contributed by atoms with van der Waals surface area (Å²) < 4.78 is 5.25. The van der Waals surface area contributed by atoms with Crippen LogP contribution in [0, 0.1) is 0 Å². The average Bonchev–Trinajstić information content (AvgIpc) is 2.68. The summed E-state index contributed by atoms with van der Waals surface area (Å²) in [6.45, 7) is 0.812. The molecule has 1 aliphatic heterocycles. The van der Waals surface area contributed by atoms with Crippen molar-refractivity contribution in [3.63, 3.8) is 0 Å². The Morgan fingerprint density at radius 2 is 2.36 bits per heavy atom. The fourth-order valence-electron chi connectivity index (χ4n) is 1.30. The Morgan fingerprint density at radius 3 is 2.93 bits per heavy atom. The second-order valence-electron chi connectivity index (χ2n) is 3.01. The highest BCUT2D eigenvalue weighted by Crippen LogP contribution is 2.18. The highest BCUT2D eigenvalue weighted by molar-refractivity contribution is 6.09. The first-order valence-corrected chi connectivity index (χ1v) is 4.37. The van der Waals surface area contributed by atoms with Crippen molar-refractivity contribution in [2.24, 2.45) is 10.7 Å². The quantitative estimate of drug-likeness (QED) is 0.762. The van der Waals surface area contributed by atoms with E-state index in [1.54, 1.807) is 18.3 Å². The van der Waals surface area contributed by atoms with Crippen LogP contribution in [-0.2, 0) is 0 Å². The standard InChI is InChI=1S/C10H10N2O2/c11-10(13)9-4-3-8(14-9)7-2-1-5-12-6-7/h2-4,6H,1,5H2,(H2,11,13). The largest absolute Gasteiger partial charge is 0.451 e. The van der Waals surface area contributed by atoms with Gasteiger partial charge in [-0.2, -0.15) is 0 Å². The molecule has 0 fully saturated rings. The highest BCUT2D eigenvalue weighted by atomic mass is 16.3. The second-order valence-corrected chi connectivity index (χ2v) is 3.01. The van der Waals surface area contributed by atoms with Gasteiger partial charge in [-0.25, -0.2) is 0 Å². The van der Waals surface area contributed by atoms with Gasteiger partial charge in [-0.05, 0) is 18.6 Å². The van der Waals surface area contributed by atoms with Gasteiger partial charge in [0.1, 0.15) is 5.76 Å². The van der Waals surface area contributed by atoms with E-state index >= 15 is 0 Å². The number of nitrogens with zero attached hydrogens (tertiary/aromatic N) is 1. The number of carbonyl (C=O) groups is 1. The van der Waals surface area contributed by atoms with Crippen molar-refractivity contribution in [3.05, 3.63) is 29.7 Å². The Bertz CT molecular complexity index is 416. The van der Waals surface area contributed by atoms with E-state index in [0.717, 1.165) is 18.5 Å². The van der Waals surface area contributed by atoms with Crippen LogP contribution in [0.25, 0.3) is 5.57 Å². The number of hydrogen-bond donors (Lipinski definition) is 1. The predicted molar refractivity (Wildman–Crippen MR) is 53.2 cm³/mol. The zero-order valence-corrected chi connectivity index (χ0v) is 7.56. The maximum Gasteiger partial charge on any atom is 0.284 e. The molecule has 0 saturated heterocycles. The van der Waals surface area contributed by atoms with Gasteiger partial charge >= 0.3 is 0 Å². The molecule has 2 rings (SSSR count). The molecule has 2 heterocycles. The van der Waals surface area contributed by atoms with E-state index in [1.165, 1.54) is 0 Å². The van der Waals surface area contributed by atoms with E-state index in [2.05, 4.69) is 4.99 Å². The molecule has 0 aliphatic carbocycles. The fraction of sp³-hybridized carbons (Fsp3) is 0.200. The number of furan rings is 1. The molecule has 0 saturated carbocycles. The molecule has 1 aliphatic rings. The SMILES string of the molecule is NC(=O)c1ccc(C2=CCCN=C2)o1. The van der Waals surface area contributed by atoms with Crippen LogP contribution in [0.2, 0.25) is 0 Å². The van der Waals surface area contributed by atoms with Gasteiger partial charge in [0.25, 0.3) is 5.91 Å². The minimum Gasteiger partial charge on any atom is -0.451 e. The Morgan fingerprint density at radius 1 is 1.50 bits per heavy atom. The lowest BCUT2D eigenvalue weighted by molar-refractivity contribution is 0.0973. The normalized spacial score (nSPS) is 15.3. The zero-order chi connectivity index (χ0) is 9.97. The molecular weight excluding hydrogens is 180 g/mol. The lowest BCUT2D eigenvalue weighted by atomic mass is 10.1. The first kappa shape index (κ1) is 8.74. The van der Waals surface area contributed by atoms with E-state index < -0.39 is 5.91 Å². The molecule has 0 bridgehead atoms. The first-order chi connectivity index (χ1) is 6.77. The second kappa shape index (κ2) is 3.49. The fourth-order valence-corrected chi connectivity index (χ4v) is 1.30. The molecule has 1 amide bonds. The van der Waals surface area contributed by atoms with E-state index in [9.17, 15) is 4.79 Å². The van der Waals surface area contributed by atoms with Crippen LogP contribution in [0.5, 0.6) is 0 Å². The third kappa shape index (κ3) is 1.59. The van der Waals surface area contributed by atoms with Crippen molar-refractivity contribution in [1.29, 1.82) is 0 Å². The lowest BCUT2D eigenvalue weighted by Crippen LogP contribution is -2.09. The third-order valence-electron chi connectivity index (χ3n) is 1.99. The van der Waals surface area contributed by atoms with Gasteiger partial charge in [0.15, 0.2) is 5.76 Å². The van der Waals surface area contributed by atoms with Crippen LogP contribution < -0.4 is 5.73 Å². The number of hydrogen-bond acceptors (Lipinski definition) is 3. The van der Waals surface area contributed by atoms with Crippen molar-refractivity contribution in [1.82, 2.24) is 0 Å². The van der Waals surface area contributed by atoms with Crippen molar-refractivity contribution in [3.8, 4) is 0 Å². The molecule has 1 aromatic heterocycles. The number of carbonyl (C=O) groups excluding carboxylic acids is 1. The maximum atomic E-state index is 10.8. The molecule has 0 unspecified atom stereocenters. The third-order valence-corrected chi connectivity index (χ3v) is 1.99. The van der Waals surface area contributed by atoms with Gasteiger partial charge in [0.05, 0.1) is 0 Å². The van der Waals surface area contributed by atoms with Crippen LogP contribution in [-0.4, -0.2) is 18.7 Å². The minimum absolute atomic E-state index is 0.180. The first-order valence-electron chi connectivity index (χ1n) is 4.37. The monoisotopic (exact) mass is 190 g/mol. The van der Waals surface area contributed by atoms with Crippen LogP contribution in [0.15, 0.2) is 27.6 Å². The summed E-state index contributed by atoms with van der Waals surface area (Å²) in [4.78, 5) is 14.9. The van der Waals surface area contributed by atoms with E-state index in [0.29, 0.717) is 5.76 Å². The molecule has 0 spiro atoms. The summed E-state index contributed by atoms with van der Waals surface area (Å²) in [6, 6.07) is 3.30. The average molecular weight is 190 g/mol. The van der Waals surface area contributed by atoms with Crippen molar-refractivity contribution in [2.45, 2.75) is 6.42 Å². The molecule has 1 aromatic rings. The maximum absolute atomic E-state index is 10.8. The van der Waals surface area contributed by atoms with Gasteiger partial charge in [0.2, 0.25) is 0 Å². The molecule has 72 valence electrons. The number of aliphatic imine (C=N–C) groups is 1. The summed E-state index contributed by atoms with van der Waals surface area (Å²) in [5, 5.41) is 0. The molecule has 14 heavy (non-hydrogen) atoms. The minimum atomic E-state index is -0.551. The summed E-state index contributed by atoms with van der Waals surface area (Å²) in [5.74, 6) is 0.270. The topological polar surface area (TPSA) is 68.6 Å². The van der Waals surface area contributed by atoms with Crippen molar-refractivity contribution < 1.29 is 9.21 Å². The Balaban J connectivity index is 2.28. The summed E-state index contributed by atoms with van der Waals surface area (Å²) in [7, 11) is 0. The van der Waals surface area contributed by atoms with Gasteiger partial charge in [-0.3, -0.25) is 9.79 Å². The Labute approximate surface area is 81.1 Å². The molecule has 4 heteroatoms. The van der Waals surface area contributed by atoms with Crippen molar-refractivity contribution >= 4 is 17.7 Å². The number of dihydropyridines is 1. The van der Waals surface area contributed by atoms with Gasteiger partial charge < -0.3 is 10.2 Å².